The molecule has 4 aromatic carbocycles. The Balaban J connectivity index is 1.39. The molecule has 2 unspecified atom stereocenters. The maximum Gasteiger partial charge on any atom is 0.258 e. The molecule has 48 heavy (non-hydrogen) atoms. The molecule has 2 aromatic heterocycles. The summed E-state index contributed by atoms with van der Waals surface area (Å²) in [4.78, 5) is 10.1. The van der Waals surface area contributed by atoms with Crippen LogP contribution < -0.4 is 9.47 Å². The maximum absolute atomic E-state index is 12.7. The lowest BCUT2D eigenvalue weighted by Gasteiger charge is -2.27. The summed E-state index contributed by atoms with van der Waals surface area (Å²) in [7, 11) is 1.61. The van der Waals surface area contributed by atoms with E-state index in [-0.39, 0.29) is 6.61 Å². The van der Waals surface area contributed by atoms with Crippen molar-refractivity contribution in [3.63, 3.8) is 0 Å². The first-order valence-corrected chi connectivity index (χ1v) is 18.3. The molecule has 6 aromatic rings. The van der Waals surface area contributed by atoms with Crippen LogP contribution in [-0.2, 0) is 33.7 Å². The maximum atomic E-state index is 12.7. The second-order valence-corrected chi connectivity index (χ2v) is 15.0. The summed E-state index contributed by atoms with van der Waals surface area (Å²) >= 11 is -2.21. The Bertz CT molecular complexity index is 2060. The van der Waals surface area contributed by atoms with Gasteiger partial charge < -0.3 is 23.1 Å². The number of nitrogens with zero attached hydrogens (tertiary/aromatic N) is 3. The Hall–Kier alpha value is -4.61. The third-order valence-electron chi connectivity index (χ3n) is 8.25. The number of fused-ring (bicyclic) bond motifs is 1. The molecule has 0 aliphatic carbocycles. The number of ether oxygens (including phenoxy) is 2. The van der Waals surface area contributed by atoms with Crippen LogP contribution in [0, 0.1) is 0 Å². The fourth-order valence-corrected chi connectivity index (χ4v) is 6.19. The molecule has 0 fully saturated rings. The van der Waals surface area contributed by atoms with Gasteiger partial charge in [0.15, 0.2) is 11.5 Å². The average Bonchev–Trinajstić information content (AvgIpc) is 3.58. The van der Waals surface area contributed by atoms with E-state index in [1.54, 1.807) is 25.8 Å². The number of hydrogen-bond donors (Lipinski definition) is 0. The molecule has 244 valence electrons. The highest BCUT2D eigenvalue weighted by Gasteiger charge is 2.31. The molecule has 8 nitrogen and oxygen atoms in total. The van der Waals surface area contributed by atoms with E-state index in [1.807, 2.05) is 98.8 Å². The van der Waals surface area contributed by atoms with Gasteiger partial charge in [-0.15, -0.1) is 0 Å². The lowest BCUT2D eigenvalue weighted by atomic mass is 9.92. The summed E-state index contributed by atoms with van der Waals surface area (Å²) in [5.74, 6) is 2.09. The van der Waals surface area contributed by atoms with Crippen molar-refractivity contribution in [3.8, 4) is 22.6 Å². The molecule has 0 saturated heterocycles. The van der Waals surface area contributed by atoms with E-state index >= 15 is 0 Å². The Morgan fingerprint density at radius 1 is 0.896 bits per heavy atom. The predicted molar refractivity (Wildman–Crippen MR) is 192 cm³/mol. The molecule has 0 saturated carbocycles. The topological polar surface area (TPSA) is 116 Å². The summed E-state index contributed by atoms with van der Waals surface area (Å²) in [6, 6.07) is 31.0. The van der Waals surface area contributed by atoms with Crippen molar-refractivity contribution in [1.29, 1.82) is 0 Å². The van der Waals surface area contributed by atoms with Crippen molar-refractivity contribution in [2.24, 2.45) is 0 Å². The minimum absolute atomic E-state index is 0.113. The molecule has 2 atom stereocenters. The van der Waals surface area contributed by atoms with Crippen LogP contribution in [-0.4, -0.2) is 43.9 Å². The third kappa shape index (κ3) is 7.27. The van der Waals surface area contributed by atoms with Gasteiger partial charge in [-0.05, 0) is 132 Å². The smallest absolute Gasteiger partial charge is 0.258 e. The summed E-state index contributed by atoms with van der Waals surface area (Å²) in [5, 5.41) is 5.17. The molecule has 6 rings (SSSR count). The van der Waals surface area contributed by atoms with Crippen LogP contribution in [0.1, 0.15) is 42.3 Å². The zero-order valence-electron chi connectivity index (χ0n) is 27.3. The quantitative estimate of drug-likeness (QED) is 0.101. The first-order chi connectivity index (χ1) is 23.1. The highest BCUT2D eigenvalue weighted by Crippen LogP contribution is 2.37. The summed E-state index contributed by atoms with van der Waals surface area (Å²) in [5.41, 5.74) is 6.16. The molecule has 0 N–H and O–H groups in total. The van der Waals surface area contributed by atoms with Gasteiger partial charge >= 0.3 is 0 Å². The number of rotatable bonds is 11. The first-order valence-electron chi connectivity index (χ1n) is 15.2. The van der Waals surface area contributed by atoms with Gasteiger partial charge in [-0.1, -0.05) is 29.4 Å². The fraction of sp³-hybridized carbons (Fsp3) is 0.184. The summed E-state index contributed by atoms with van der Waals surface area (Å²) in [6.45, 7) is 4.10. The van der Waals surface area contributed by atoms with Crippen molar-refractivity contribution in [3.05, 3.63) is 132 Å². The molecule has 0 radical (unpaired) electrons. The van der Waals surface area contributed by atoms with Crippen molar-refractivity contribution in [2.75, 3.05) is 19.6 Å². The number of methoxy groups -OCH3 is 1. The Kier molecular flexibility index (Phi) is 9.88. The highest BCUT2D eigenvalue weighted by atomic mass is 32.2. The van der Waals surface area contributed by atoms with Gasteiger partial charge in [-0.3, -0.25) is 4.98 Å². The van der Waals surface area contributed by atoms with Crippen molar-refractivity contribution in [2.45, 2.75) is 30.1 Å². The minimum atomic E-state index is -1.12. The van der Waals surface area contributed by atoms with E-state index in [0.717, 1.165) is 49.4 Å². The first kappa shape index (κ1) is 33.3. The van der Waals surface area contributed by atoms with Crippen molar-refractivity contribution < 1.29 is 23.1 Å². The van der Waals surface area contributed by atoms with E-state index in [2.05, 4.69) is 28.3 Å². The Labute approximate surface area is 286 Å². The zero-order valence-corrected chi connectivity index (χ0v) is 28.9. The average molecular weight is 678 g/mol. The second-order valence-electron chi connectivity index (χ2n) is 11.7. The number of pyridine rings is 1. The van der Waals surface area contributed by atoms with E-state index in [1.165, 1.54) is 0 Å². The summed E-state index contributed by atoms with van der Waals surface area (Å²) < 4.78 is 41.2. The van der Waals surface area contributed by atoms with Crippen LogP contribution in [0.2, 0.25) is 0 Å². The minimum Gasteiger partial charge on any atom is -0.616 e. The van der Waals surface area contributed by atoms with E-state index in [9.17, 15) is 9.11 Å². The lowest BCUT2D eigenvalue weighted by Crippen LogP contribution is -2.28. The lowest BCUT2D eigenvalue weighted by molar-refractivity contribution is 0.286. The van der Waals surface area contributed by atoms with Gasteiger partial charge in [0.1, 0.15) is 22.5 Å². The molecule has 0 aliphatic heterocycles. The molecule has 0 aliphatic rings. The fourth-order valence-electron chi connectivity index (χ4n) is 5.23. The van der Waals surface area contributed by atoms with Gasteiger partial charge in [0.05, 0.1) is 18.9 Å². The SMILES string of the molecule is COc1ccc(OCc2noc(C(=Cc3cccc(-c4cc(C(C)(C)[S+](C)[O-])cc5cccnc45)c3)c3ccc([S+](C)[O-])cc3)n2)cc1. The van der Waals surface area contributed by atoms with Gasteiger partial charge in [0.25, 0.3) is 5.89 Å². The number of hydrogen-bond acceptors (Lipinski definition) is 8. The van der Waals surface area contributed by atoms with Gasteiger partial charge in [0.2, 0.25) is 5.82 Å². The van der Waals surface area contributed by atoms with Crippen LogP contribution in [0.15, 0.2) is 113 Å². The molecular weight excluding hydrogens is 643 g/mol. The number of benzene rings is 4. The Morgan fingerprint density at radius 3 is 2.35 bits per heavy atom. The van der Waals surface area contributed by atoms with Crippen LogP contribution in [0.3, 0.4) is 0 Å². The van der Waals surface area contributed by atoms with Crippen LogP contribution >= 0.6 is 0 Å². The van der Waals surface area contributed by atoms with E-state index in [4.69, 9.17) is 19.0 Å². The van der Waals surface area contributed by atoms with Crippen molar-refractivity contribution >= 4 is 44.9 Å². The highest BCUT2D eigenvalue weighted by molar-refractivity contribution is 7.91. The van der Waals surface area contributed by atoms with Gasteiger partial charge in [-0.25, -0.2) is 0 Å². The molecule has 0 spiro atoms. The molecule has 0 amide bonds. The number of aromatic nitrogens is 3. The van der Waals surface area contributed by atoms with E-state index in [0.29, 0.717) is 23.0 Å². The van der Waals surface area contributed by atoms with Gasteiger partial charge in [0, 0.05) is 28.3 Å². The predicted octanol–water partition coefficient (Wildman–Crippen LogP) is 7.81. The standard InChI is InChI=1S/C38H35N3O5S2/c1-38(2,48(5)43)29-22-28-10-7-19-39-36(28)33(23-29)27-9-6-8-25(20-27)21-34(26-11-17-32(18-12-26)47(4)42)37-40-35(41-46-37)24-45-31-15-13-30(44-3)14-16-31/h6-23H,24H2,1-5H3. The zero-order chi connectivity index (χ0) is 33.8. The van der Waals surface area contributed by atoms with Crippen LogP contribution in [0.5, 0.6) is 11.5 Å². The van der Waals surface area contributed by atoms with Crippen LogP contribution in [0.4, 0.5) is 0 Å². The van der Waals surface area contributed by atoms with Gasteiger partial charge in [-0.2, -0.15) is 4.98 Å². The largest absolute Gasteiger partial charge is 0.616 e. The van der Waals surface area contributed by atoms with Crippen LogP contribution in [0.25, 0.3) is 33.7 Å². The Morgan fingerprint density at radius 2 is 1.65 bits per heavy atom. The van der Waals surface area contributed by atoms with E-state index < -0.39 is 27.1 Å². The third-order valence-corrected chi connectivity index (χ3v) is 10.9. The summed E-state index contributed by atoms with van der Waals surface area (Å²) in [6.07, 6.45) is 7.17. The monoisotopic (exact) mass is 677 g/mol. The molecule has 10 heteroatoms. The molecule has 0 bridgehead atoms. The second kappa shape index (κ2) is 14.2. The van der Waals surface area contributed by atoms with Crippen molar-refractivity contribution in [1.82, 2.24) is 15.1 Å². The molecular formula is C38H35N3O5S2. The molecule has 2 heterocycles. The normalized spacial score (nSPS) is 13.4.